The number of thioether (sulfide) groups is 1. The number of carboxylic acids is 1. The molecular weight excluding hydrogens is 430 g/mol. The van der Waals surface area contributed by atoms with E-state index in [2.05, 4.69) is 4.98 Å². The third-order valence-corrected chi connectivity index (χ3v) is 6.63. The Bertz CT molecular complexity index is 808. The number of nitrogens with two attached hydrogens (primary N) is 2. The lowest BCUT2D eigenvalue weighted by Crippen LogP contribution is -2.56. The average molecular weight is 459 g/mol. The zero-order valence-electron chi connectivity index (χ0n) is 17.2. The second-order valence-corrected chi connectivity index (χ2v) is 9.56. The van der Waals surface area contributed by atoms with Gasteiger partial charge in [-0.1, -0.05) is 0 Å². The summed E-state index contributed by atoms with van der Waals surface area (Å²) in [6.45, 7) is -0.324. The number of amides is 1. The Morgan fingerprint density at radius 3 is 2.55 bits per heavy atom. The van der Waals surface area contributed by atoms with Gasteiger partial charge < -0.3 is 26.2 Å². The zero-order chi connectivity index (χ0) is 22.6. The Hall–Kier alpha value is -2.14. The largest absolute Gasteiger partial charge is 0.477 e. The Labute approximate surface area is 183 Å². The molecule has 0 bridgehead atoms. The SMILES string of the molecule is NC(=O)CC1(N)CCCSC1.O=C(O)c1ccc(N2CC(F)(F)C2)c(OCC2CC2)n1. The number of halogens is 2. The van der Waals surface area contributed by atoms with Crippen molar-refractivity contribution >= 4 is 29.3 Å². The van der Waals surface area contributed by atoms with Gasteiger partial charge in [-0.2, -0.15) is 11.8 Å². The van der Waals surface area contributed by atoms with Crippen molar-refractivity contribution in [1.82, 2.24) is 4.98 Å². The summed E-state index contributed by atoms with van der Waals surface area (Å²) in [6, 6.07) is 2.78. The van der Waals surface area contributed by atoms with Gasteiger partial charge in [-0.15, -0.1) is 0 Å². The molecule has 0 radical (unpaired) electrons. The van der Waals surface area contributed by atoms with E-state index in [9.17, 15) is 18.4 Å². The number of aromatic nitrogens is 1. The topological polar surface area (TPSA) is 132 Å². The second-order valence-electron chi connectivity index (χ2n) is 8.45. The molecule has 1 aromatic heterocycles. The molecule has 2 saturated heterocycles. The molecule has 172 valence electrons. The normalized spacial score (nSPS) is 24.4. The standard InChI is InChI=1S/C13H14F2N2O3.C7H14N2OS/c14-13(15)6-17(7-13)10-4-3-9(12(18)19)16-11(10)20-5-8-1-2-8;8-6(10)4-7(9)2-1-3-11-5-7/h3-4,8H,1-2,5-7H2,(H,18,19);1-5,9H2,(H2,8,10). The number of nitrogens with zero attached hydrogens (tertiary/aromatic N) is 2. The monoisotopic (exact) mass is 458 g/mol. The Kier molecular flexibility index (Phi) is 7.25. The predicted octanol–water partition coefficient (Wildman–Crippen LogP) is 2.11. The molecule has 1 atom stereocenters. The quantitative estimate of drug-likeness (QED) is 0.566. The lowest BCUT2D eigenvalue weighted by Gasteiger charge is -2.40. The van der Waals surface area contributed by atoms with Crippen molar-refractivity contribution in [1.29, 1.82) is 0 Å². The summed E-state index contributed by atoms with van der Waals surface area (Å²) in [5.41, 5.74) is 11.0. The van der Waals surface area contributed by atoms with Gasteiger partial charge >= 0.3 is 5.97 Å². The van der Waals surface area contributed by atoms with Crippen LogP contribution in [0.5, 0.6) is 5.88 Å². The molecule has 1 aromatic rings. The maximum absolute atomic E-state index is 12.9. The van der Waals surface area contributed by atoms with Crippen molar-refractivity contribution in [2.45, 2.75) is 43.6 Å². The number of carbonyl (C=O) groups is 2. The maximum Gasteiger partial charge on any atom is 0.354 e. The molecule has 0 spiro atoms. The van der Waals surface area contributed by atoms with E-state index in [4.69, 9.17) is 21.3 Å². The van der Waals surface area contributed by atoms with Crippen LogP contribution in [0.15, 0.2) is 12.1 Å². The molecule has 1 amide bonds. The molecule has 0 aromatic carbocycles. The molecule has 3 fully saturated rings. The molecule has 4 rings (SSSR count). The first-order chi connectivity index (χ1) is 14.6. The van der Waals surface area contributed by atoms with E-state index < -0.39 is 11.9 Å². The summed E-state index contributed by atoms with van der Waals surface area (Å²) in [7, 11) is 0. The molecule has 3 heterocycles. The highest BCUT2D eigenvalue weighted by atomic mass is 32.2. The van der Waals surface area contributed by atoms with Crippen LogP contribution in [0.4, 0.5) is 14.5 Å². The fraction of sp³-hybridized carbons (Fsp3) is 0.650. The summed E-state index contributed by atoms with van der Waals surface area (Å²) in [5, 5.41) is 8.93. The average Bonchev–Trinajstić information content (AvgIpc) is 3.49. The number of ether oxygens (including phenoxy) is 1. The van der Waals surface area contributed by atoms with Crippen molar-refractivity contribution in [3.63, 3.8) is 0 Å². The minimum atomic E-state index is -2.70. The van der Waals surface area contributed by atoms with E-state index >= 15 is 0 Å². The summed E-state index contributed by atoms with van der Waals surface area (Å²) in [6.07, 6.45) is 4.53. The molecule has 1 aliphatic carbocycles. The zero-order valence-corrected chi connectivity index (χ0v) is 18.0. The number of primary amides is 1. The number of hydrogen-bond donors (Lipinski definition) is 3. The molecule has 11 heteroatoms. The molecule has 3 aliphatic rings. The Balaban J connectivity index is 0.000000210. The van der Waals surface area contributed by atoms with Crippen LogP contribution in [-0.4, -0.2) is 64.6 Å². The van der Waals surface area contributed by atoms with Crippen molar-refractivity contribution < 1.29 is 28.2 Å². The third-order valence-electron chi connectivity index (χ3n) is 5.28. The van der Waals surface area contributed by atoms with Crippen LogP contribution in [0, 0.1) is 5.92 Å². The number of alkyl halides is 2. The fourth-order valence-electron chi connectivity index (χ4n) is 3.42. The van der Waals surface area contributed by atoms with Gasteiger partial charge in [-0.25, -0.2) is 18.6 Å². The Morgan fingerprint density at radius 2 is 2.03 bits per heavy atom. The number of rotatable bonds is 7. The lowest BCUT2D eigenvalue weighted by atomic mass is 9.93. The van der Waals surface area contributed by atoms with Gasteiger partial charge in [0.1, 0.15) is 5.69 Å². The van der Waals surface area contributed by atoms with Crippen molar-refractivity contribution in [2.24, 2.45) is 17.4 Å². The number of carbonyl (C=O) groups excluding carboxylic acids is 1. The van der Waals surface area contributed by atoms with Gasteiger partial charge in [0.2, 0.25) is 11.8 Å². The van der Waals surface area contributed by atoms with E-state index in [1.807, 2.05) is 11.8 Å². The van der Waals surface area contributed by atoms with Crippen LogP contribution >= 0.6 is 11.8 Å². The second kappa shape index (κ2) is 9.56. The first-order valence-electron chi connectivity index (χ1n) is 10.2. The smallest absolute Gasteiger partial charge is 0.354 e. The van der Waals surface area contributed by atoms with Gasteiger partial charge in [0.05, 0.1) is 19.7 Å². The van der Waals surface area contributed by atoms with E-state index in [1.54, 1.807) is 0 Å². The first-order valence-corrected chi connectivity index (χ1v) is 11.4. The third kappa shape index (κ3) is 6.93. The minimum absolute atomic E-state index is 0.132. The maximum atomic E-state index is 12.9. The molecule has 31 heavy (non-hydrogen) atoms. The number of anilines is 1. The number of aromatic carboxylic acids is 1. The van der Waals surface area contributed by atoms with Crippen molar-refractivity contribution in [3.8, 4) is 5.88 Å². The molecular formula is C20H28F2N4O4S. The minimum Gasteiger partial charge on any atom is -0.477 e. The van der Waals surface area contributed by atoms with Crippen LogP contribution in [0.2, 0.25) is 0 Å². The highest BCUT2D eigenvalue weighted by Crippen LogP contribution is 2.37. The number of pyridine rings is 1. The van der Waals surface area contributed by atoms with Crippen LogP contribution in [0.1, 0.15) is 42.6 Å². The van der Waals surface area contributed by atoms with E-state index in [0.717, 1.165) is 37.2 Å². The van der Waals surface area contributed by atoms with Crippen LogP contribution in [-0.2, 0) is 4.79 Å². The lowest BCUT2D eigenvalue weighted by molar-refractivity contribution is -0.119. The van der Waals surface area contributed by atoms with Crippen molar-refractivity contribution in [3.05, 3.63) is 17.8 Å². The van der Waals surface area contributed by atoms with Gasteiger partial charge in [-0.3, -0.25) is 4.79 Å². The number of carboxylic acid groups (broad SMARTS) is 1. The molecule has 5 N–H and O–H groups in total. The summed E-state index contributed by atoms with van der Waals surface area (Å²) < 4.78 is 31.4. The van der Waals surface area contributed by atoms with Crippen molar-refractivity contribution in [2.75, 3.05) is 36.1 Å². The van der Waals surface area contributed by atoms with Gasteiger partial charge in [0.15, 0.2) is 5.69 Å². The van der Waals surface area contributed by atoms with Gasteiger partial charge in [0.25, 0.3) is 5.92 Å². The van der Waals surface area contributed by atoms with Crippen LogP contribution < -0.4 is 21.1 Å². The highest BCUT2D eigenvalue weighted by molar-refractivity contribution is 7.99. The molecule has 1 saturated carbocycles. The Morgan fingerprint density at radius 1 is 1.32 bits per heavy atom. The van der Waals surface area contributed by atoms with Crippen LogP contribution in [0.3, 0.4) is 0 Å². The van der Waals surface area contributed by atoms with Gasteiger partial charge in [0, 0.05) is 17.7 Å². The first kappa shape index (κ1) is 23.5. The summed E-state index contributed by atoms with van der Waals surface area (Å²) in [4.78, 5) is 26.9. The van der Waals surface area contributed by atoms with Gasteiger partial charge in [-0.05, 0) is 49.5 Å². The highest BCUT2D eigenvalue weighted by Gasteiger charge is 2.45. The molecule has 2 aliphatic heterocycles. The predicted molar refractivity (Wildman–Crippen MR) is 114 cm³/mol. The summed E-state index contributed by atoms with van der Waals surface area (Å²) >= 11 is 1.81. The van der Waals surface area contributed by atoms with E-state index in [0.29, 0.717) is 24.6 Å². The molecule has 8 nitrogen and oxygen atoms in total. The fourth-order valence-corrected chi connectivity index (χ4v) is 4.57. The van der Waals surface area contributed by atoms with E-state index in [1.165, 1.54) is 17.0 Å². The molecule has 1 unspecified atom stereocenters. The van der Waals surface area contributed by atoms with E-state index in [-0.39, 0.29) is 36.1 Å². The number of hydrogen-bond acceptors (Lipinski definition) is 7. The summed E-state index contributed by atoms with van der Waals surface area (Å²) in [5.74, 6) is -1.51. The van der Waals surface area contributed by atoms with Crippen LogP contribution in [0.25, 0.3) is 0 Å².